The molecule has 4 aromatic heterocycles. The average Bonchev–Trinajstić information content (AvgIpc) is 3.69. The van der Waals surface area contributed by atoms with E-state index in [0.29, 0.717) is 23.4 Å². The van der Waals surface area contributed by atoms with E-state index in [9.17, 15) is 8.42 Å². The second-order valence-corrected chi connectivity index (χ2v) is 14.3. The van der Waals surface area contributed by atoms with E-state index in [-0.39, 0.29) is 10.0 Å². The molecule has 45 heavy (non-hydrogen) atoms. The molecule has 0 bridgehead atoms. The van der Waals surface area contributed by atoms with Crippen LogP contribution in [-0.2, 0) is 23.0 Å². The number of aryl methyl sites for hydroxylation is 5. The second kappa shape index (κ2) is 11.8. The zero-order valence-corrected chi connectivity index (χ0v) is 28.0. The third-order valence-electron chi connectivity index (χ3n) is 8.06. The number of nitrogens with one attached hydrogen (secondary N) is 1. The van der Waals surface area contributed by atoms with E-state index in [4.69, 9.17) is 19.3 Å². The number of pyridine rings is 1. The van der Waals surface area contributed by atoms with Gasteiger partial charge in [-0.25, -0.2) is 8.42 Å². The first-order chi connectivity index (χ1) is 21.5. The monoisotopic (exact) mass is 641 g/mol. The van der Waals surface area contributed by atoms with Crippen LogP contribution in [0.1, 0.15) is 45.6 Å². The number of rotatable bonds is 9. The minimum Gasteiger partial charge on any atom is -0.497 e. The number of thiophene rings is 1. The van der Waals surface area contributed by atoms with Crippen LogP contribution in [0.5, 0.6) is 5.75 Å². The number of benzene rings is 2. The van der Waals surface area contributed by atoms with Crippen LogP contribution in [0.4, 0.5) is 5.82 Å². The third-order valence-corrected chi connectivity index (χ3v) is 11.0. The van der Waals surface area contributed by atoms with Crippen molar-refractivity contribution in [3.05, 3.63) is 93.3 Å². The molecule has 1 N–H and O–H groups in total. The van der Waals surface area contributed by atoms with Crippen molar-refractivity contribution in [3.63, 3.8) is 0 Å². The van der Waals surface area contributed by atoms with E-state index in [1.807, 2.05) is 67.9 Å². The third kappa shape index (κ3) is 5.73. The highest BCUT2D eigenvalue weighted by molar-refractivity contribution is 7.94. The van der Waals surface area contributed by atoms with Crippen LogP contribution in [-0.4, -0.2) is 35.4 Å². The first-order valence-electron chi connectivity index (χ1n) is 14.7. The van der Waals surface area contributed by atoms with Crippen LogP contribution >= 0.6 is 11.3 Å². The molecule has 4 heterocycles. The van der Waals surface area contributed by atoms with E-state index in [2.05, 4.69) is 28.9 Å². The molecule has 0 aliphatic heterocycles. The predicted molar refractivity (Wildman–Crippen MR) is 179 cm³/mol. The minimum atomic E-state index is -3.90. The van der Waals surface area contributed by atoms with Gasteiger partial charge in [0.2, 0.25) is 0 Å². The fourth-order valence-corrected chi connectivity index (χ4v) is 8.26. The molecule has 0 saturated carbocycles. The van der Waals surface area contributed by atoms with Gasteiger partial charge in [0.1, 0.15) is 21.4 Å². The molecule has 0 unspecified atom stereocenters. The van der Waals surface area contributed by atoms with E-state index in [1.54, 1.807) is 21.0 Å². The Morgan fingerprint density at radius 3 is 2.38 bits per heavy atom. The Bertz CT molecular complexity index is 2160. The van der Waals surface area contributed by atoms with Gasteiger partial charge in [0, 0.05) is 38.3 Å². The summed E-state index contributed by atoms with van der Waals surface area (Å²) in [7, 11) is -2.24. The van der Waals surface area contributed by atoms with E-state index in [1.165, 1.54) is 11.3 Å². The smallest absolute Gasteiger partial charge is 0.273 e. The van der Waals surface area contributed by atoms with Gasteiger partial charge in [-0.3, -0.25) is 14.4 Å². The number of anilines is 1. The highest BCUT2D eigenvalue weighted by Gasteiger charge is 2.26. The first-order valence-corrected chi connectivity index (χ1v) is 17.0. The lowest BCUT2D eigenvalue weighted by Crippen LogP contribution is -2.13. The molecule has 0 atom stereocenters. The van der Waals surface area contributed by atoms with Crippen LogP contribution in [0, 0.1) is 34.6 Å². The normalized spacial score (nSPS) is 11.8. The molecule has 0 spiro atoms. The summed E-state index contributed by atoms with van der Waals surface area (Å²) in [5, 5.41) is 10.0. The van der Waals surface area contributed by atoms with Crippen LogP contribution < -0.4 is 9.46 Å². The lowest BCUT2D eigenvalue weighted by molar-refractivity contribution is 0.399. The Balaban J connectivity index is 1.37. The van der Waals surface area contributed by atoms with E-state index >= 15 is 0 Å². The number of fused-ring (bicyclic) bond motifs is 1. The Morgan fingerprint density at radius 2 is 1.73 bits per heavy atom. The van der Waals surface area contributed by atoms with Gasteiger partial charge in [0.15, 0.2) is 5.82 Å². The van der Waals surface area contributed by atoms with E-state index < -0.39 is 10.0 Å². The van der Waals surface area contributed by atoms with E-state index in [0.717, 1.165) is 67.3 Å². The maximum atomic E-state index is 13.5. The standard InChI is InChI=1S/C34H35N5O4S2/c1-8-26-17-30-31(22(5)35-26)32(25-10-12-27(42-7)13-11-25)36-39(30)18-24-9-14-28(19(2)15-24)29-16-20(3)44-34(29)45(40,41)38-33-21(4)23(6)43-37-33/h9-17H,8,18H2,1-7H3,(H,37,38). The van der Waals surface area contributed by atoms with Crippen molar-refractivity contribution in [2.45, 2.75) is 58.7 Å². The molecule has 11 heteroatoms. The summed E-state index contributed by atoms with van der Waals surface area (Å²) in [4.78, 5) is 5.74. The van der Waals surface area contributed by atoms with Gasteiger partial charge in [0.05, 0.1) is 19.2 Å². The topological polar surface area (TPSA) is 112 Å². The zero-order valence-electron chi connectivity index (χ0n) is 26.3. The molecule has 232 valence electrons. The van der Waals surface area contributed by atoms with Crippen LogP contribution in [0.15, 0.2) is 63.3 Å². The van der Waals surface area contributed by atoms with Gasteiger partial charge >= 0.3 is 0 Å². The molecule has 0 amide bonds. The van der Waals surface area contributed by atoms with Gasteiger partial charge in [-0.1, -0.05) is 30.3 Å². The van der Waals surface area contributed by atoms with Gasteiger partial charge in [0.25, 0.3) is 10.0 Å². The summed E-state index contributed by atoms with van der Waals surface area (Å²) in [6, 6.07) is 18.1. The largest absolute Gasteiger partial charge is 0.497 e. The molecule has 6 aromatic rings. The SMILES string of the molecule is CCc1cc2c(c(C)n1)c(-c1ccc(OC)cc1)nn2Cc1ccc(-c2cc(C)sc2S(=O)(=O)Nc2noc(C)c2C)c(C)c1. The van der Waals surface area contributed by atoms with Crippen LogP contribution in [0.25, 0.3) is 33.3 Å². The molecule has 9 nitrogen and oxygen atoms in total. The molecule has 0 aliphatic carbocycles. The maximum Gasteiger partial charge on any atom is 0.273 e. The maximum absolute atomic E-state index is 13.5. The molecule has 2 aromatic carbocycles. The summed E-state index contributed by atoms with van der Waals surface area (Å²) >= 11 is 1.24. The Hall–Kier alpha value is -4.48. The number of nitrogens with zero attached hydrogens (tertiary/aromatic N) is 4. The summed E-state index contributed by atoms with van der Waals surface area (Å²) in [5.74, 6) is 1.56. The Kier molecular flexibility index (Phi) is 8.00. The fraction of sp³-hybridized carbons (Fsp3) is 0.265. The fourth-order valence-electron chi connectivity index (χ4n) is 5.56. The number of hydrogen-bond donors (Lipinski definition) is 1. The second-order valence-electron chi connectivity index (χ2n) is 11.2. The van der Waals surface area contributed by atoms with Crippen molar-refractivity contribution < 1.29 is 17.7 Å². The van der Waals surface area contributed by atoms with Gasteiger partial charge in [-0.05, 0) is 94.1 Å². The lowest BCUT2D eigenvalue weighted by atomic mass is 10.00. The number of methoxy groups -OCH3 is 1. The summed E-state index contributed by atoms with van der Waals surface area (Å²) < 4.78 is 42.5. The summed E-state index contributed by atoms with van der Waals surface area (Å²) in [6.07, 6.45) is 0.823. The quantitative estimate of drug-likeness (QED) is 0.172. The highest BCUT2D eigenvalue weighted by atomic mass is 32.2. The van der Waals surface area contributed by atoms with Crippen LogP contribution in [0.3, 0.4) is 0 Å². The lowest BCUT2D eigenvalue weighted by Gasteiger charge is -2.12. The Morgan fingerprint density at radius 1 is 0.978 bits per heavy atom. The van der Waals surface area contributed by atoms with Crippen molar-refractivity contribution in [2.75, 3.05) is 11.8 Å². The van der Waals surface area contributed by atoms with Gasteiger partial charge in [-0.2, -0.15) is 5.10 Å². The van der Waals surface area contributed by atoms with Crippen LogP contribution in [0.2, 0.25) is 0 Å². The molecule has 0 fully saturated rings. The first kappa shape index (κ1) is 30.5. The van der Waals surface area contributed by atoms with Crippen molar-refractivity contribution >= 4 is 38.1 Å². The summed E-state index contributed by atoms with van der Waals surface area (Å²) in [5.41, 5.74) is 9.05. The van der Waals surface area contributed by atoms with Crippen molar-refractivity contribution in [3.8, 4) is 28.1 Å². The van der Waals surface area contributed by atoms with Crippen molar-refractivity contribution in [1.82, 2.24) is 19.9 Å². The van der Waals surface area contributed by atoms with Gasteiger partial charge in [-0.15, -0.1) is 11.3 Å². The molecule has 0 aliphatic rings. The van der Waals surface area contributed by atoms with Gasteiger partial charge < -0.3 is 9.26 Å². The predicted octanol–water partition coefficient (Wildman–Crippen LogP) is 7.78. The number of sulfonamides is 1. The number of hydrogen-bond acceptors (Lipinski definition) is 8. The van der Waals surface area contributed by atoms with Crippen molar-refractivity contribution in [2.24, 2.45) is 0 Å². The highest BCUT2D eigenvalue weighted by Crippen LogP contribution is 2.38. The van der Waals surface area contributed by atoms with Crippen molar-refractivity contribution in [1.29, 1.82) is 0 Å². The minimum absolute atomic E-state index is 0.202. The number of aromatic nitrogens is 4. The molecular weight excluding hydrogens is 607 g/mol. The average molecular weight is 642 g/mol. The molecule has 0 saturated heterocycles. The molecular formula is C34H35N5O4S2. The number of ether oxygens (including phenoxy) is 1. The Labute approximate surface area is 266 Å². The summed E-state index contributed by atoms with van der Waals surface area (Å²) in [6.45, 7) is 12.1. The molecule has 6 rings (SSSR count). The zero-order chi connectivity index (χ0) is 32.0. The molecule has 0 radical (unpaired) electrons.